The summed E-state index contributed by atoms with van der Waals surface area (Å²) in [5.41, 5.74) is 0. The summed E-state index contributed by atoms with van der Waals surface area (Å²) >= 11 is 3.74. The van der Waals surface area contributed by atoms with Crippen molar-refractivity contribution in [2.75, 3.05) is 30.9 Å². The molecule has 1 aliphatic rings. The summed E-state index contributed by atoms with van der Waals surface area (Å²) in [6.45, 7) is 4.32. The lowest BCUT2D eigenvalue weighted by Crippen LogP contribution is -2.26. The van der Waals surface area contributed by atoms with Crippen LogP contribution in [0.5, 0.6) is 0 Å². The highest BCUT2D eigenvalue weighted by Gasteiger charge is 2.07. The average Bonchev–Trinajstić information content (AvgIpc) is 2.53. The first-order valence-electron chi connectivity index (χ1n) is 4.23. The van der Waals surface area contributed by atoms with Gasteiger partial charge in [0.25, 0.3) is 0 Å². The minimum Gasteiger partial charge on any atom is -0.365 e. The van der Waals surface area contributed by atoms with E-state index in [1.54, 1.807) is 0 Å². The lowest BCUT2D eigenvalue weighted by atomic mass is 10.2. The zero-order valence-electron chi connectivity index (χ0n) is 7.67. The van der Waals surface area contributed by atoms with Crippen LogP contribution in [0, 0.1) is 5.92 Å². The van der Waals surface area contributed by atoms with Gasteiger partial charge in [-0.2, -0.15) is 11.8 Å². The van der Waals surface area contributed by atoms with Crippen molar-refractivity contribution >= 4 is 28.7 Å². The smallest absolute Gasteiger partial charge is 0.156 e. The van der Waals surface area contributed by atoms with Crippen LogP contribution in [0.15, 0.2) is 4.99 Å². The van der Waals surface area contributed by atoms with E-state index in [1.807, 2.05) is 23.5 Å². The molecule has 0 fully saturated rings. The highest BCUT2D eigenvalue weighted by molar-refractivity contribution is 8.14. The zero-order valence-corrected chi connectivity index (χ0v) is 9.30. The van der Waals surface area contributed by atoms with Crippen molar-refractivity contribution in [3.05, 3.63) is 0 Å². The van der Waals surface area contributed by atoms with Gasteiger partial charge in [0.15, 0.2) is 5.17 Å². The number of thioether (sulfide) groups is 2. The molecule has 1 unspecified atom stereocenters. The molecule has 1 rings (SSSR count). The highest BCUT2D eigenvalue weighted by Crippen LogP contribution is 2.10. The molecule has 0 saturated carbocycles. The van der Waals surface area contributed by atoms with Gasteiger partial charge in [0.05, 0.1) is 6.54 Å². The van der Waals surface area contributed by atoms with E-state index in [1.165, 1.54) is 5.75 Å². The van der Waals surface area contributed by atoms with E-state index >= 15 is 0 Å². The minimum atomic E-state index is 0.740. The van der Waals surface area contributed by atoms with Gasteiger partial charge in [-0.05, 0) is 17.9 Å². The van der Waals surface area contributed by atoms with Gasteiger partial charge < -0.3 is 5.32 Å². The van der Waals surface area contributed by atoms with Gasteiger partial charge in [0.1, 0.15) is 0 Å². The lowest BCUT2D eigenvalue weighted by molar-refractivity contribution is 0.638. The summed E-state index contributed by atoms with van der Waals surface area (Å²) in [7, 11) is 0. The predicted octanol–water partition coefficient (Wildman–Crippen LogP) is 1.68. The number of hydrogen-bond donors (Lipinski definition) is 1. The Bertz CT molecular complexity index is 159. The molecule has 0 aromatic carbocycles. The van der Waals surface area contributed by atoms with Crippen molar-refractivity contribution in [3.8, 4) is 0 Å². The number of nitrogens with one attached hydrogen (secondary N) is 1. The first kappa shape index (κ1) is 10.3. The Labute approximate surface area is 83.0 Å². The third-order valence-electron chi connectivity index (χ3n) is 1.64. The average molecular weight is 204 g/mol. The lowest BCUT2D eigenvalue weighted by Gasteiger charge is -2.10. The molecule has 0 radical (unpaired) electrons. The number of rotatable bonds is 4. The van der Waals surface area contributed by atoms with E-state index in [0.29, 0.717) is 0 Å². The van der Waals surface area contributed by atoms with Crippen molar-refractivity contribution in [2.24, 2.45) is 10.9 Å². The van der Waals surface area contributed by atoms with Crippen LogP contribution in [0.2, 0.25) is 0 Å². The first-order valence-corrected chi connectivity index (χ1v) is 6.61. The van der Waals surface area contributed by atoms with Crippen LogP contribution in [0.1, 0.15) is 6.92 Å². The molecule has 0 aromatic rings. The standard InChI is InChI=1S/C8H16N2S2/c1-7(6-11-2)5-10-8-9-3-4-12-8/h7H,3-6H2,1-2H3,(H,9,10). The maximum absolute atomic E-state index is 4.33. The SMILES string of the molecule is CSCC(C)CNC1=NCCS1. The second-order valence-corrected chi connectivity index (χ2v) is 4.97. The van der Waals surface area contributed by atoms with Crippen LogP contribution < -0.4 is 5.32 Å². The Kier molecular flexibility index (Phi) is 4.92. The molecule has 0 aliphatic carbocycles. The Morgan fingerprint density at radius 2 is 2.58 bits per heavy atom. The zero-order chi connectivity index (χ0) is 8.81. The third-order valence-corrected chi connectivity index (χ3v) is 3.47. The Hall–Kier alpha value is 0.170. The Morgan fingerprint density at radius 3 is 3.17 bits per heavy atom. The molecule has 1 N–H and O–H groups in total. The fraction of sp³-hybridized carbons (Fsp3) is 0.875. The Morgan fingerprint density at radius 1 is 1.75 bits per heavy atom. The van der Waals surface area contributed by atoms with Crippen LogP contribution in [-0.2, 0) is 0 Å². The quantitative estimate of drug-likeness (QED) is 0.754. The van der Waals surface area contributed by atoms with Crippen LogP contribution >= 0.6 is 23.5 Å². The molecule has 1 heterocycles. The monoisotopic (exact) mass is 204 g/mol. The highest BCUT2D eigenvalue weighted by atomic mass is 32.2. The normalized spacial score (nSPS) is 19.0. The van der Waals surface area contributed by atoms with Crippen LogP contribution in [-0.4, -0.2) is 36.0 Å². The van der Waals surface area contributed by atoms with Crippen molar-refractivity contribution in [3.63, 3.8) is 0 Å². The summed E-state index contributed by atoms with van der Waals surface area (Å²) in [5.74, 6) is 3.12. The number of aliphatic imine (C=N–C) groups is 1. The number of nitrogens with zero attached hydrogens (tertiary/aromatic N) is 1. The van der Waals surface area contributed by atoms with Gasteiger partial charge >= 0.3 is 0 Å². The fourth-order valence-electron chi connectivity index (χ4n) is 1.05. The van der Waals surface area contributed by atoms with E-state index in [-0.39, 0.29) is 0 Å². The second kappa shape index (κ2) is 5.75. The summed E-state index contributed by atoms with van der Waals surface area (Å²) in [6.07, 6.45) is 2.15. The molecule has 12 heavy (non-hydrogen) atoms. The molecule has 0 saturated heterocycles. The molecule has 0 bridgehead atoms. The minimum absolute atomic E-state index is 0.740. The molecule has 70 valence electrons. The van der Waals surface area contributed by atoms with Gasteiger partial charge in [-0.15, -0.1) is 0 Å². The molecule has 4 heteroatoms. The van der Waals surface area contributed by atoms with E-state index in [0.717, 1.165) is 29.9 Å². The first-order chi connectivity index (χ1) is 5.83. The van der Waals surface area contributed by atoms with Gasteiger partial charge in [-0.1, -0.05) is 18.7 Å². The Balaban J connectivity index is 2.07. The maximum atomic E-state index is 4.33. The fourth-order valence-corrected chi connectivity index (χ4v) is 2.48. The topological polar surface area (TPSA) is 24.4 Å². The second-order valence-electron chi connectivity index (χ2n) is 2.98. The summed E-state index contributed by atoms with van der Waals surface area (Å²) in [5, 5.41) is 4.51. The van der Waals surface area contributed by atoms with Gasteiger partial charge in [0, 0.05) is 12.3 Å². The molecule has 2 nitrogen and oxygen atoms in total. The largest absolute Gasteiger partial charge is 0.365 e. The van der Waals surface area contributed by atoms with Crippen LogP contribution in [0.4, 0.5) is 0 Å². The van der Waals surface area contributed by atoms with Gasteiger partial charge in [-0.25, -0.2) is 0 Å². The molecule has 0 aromatic heterocycles. The van der Waals surface area contributed by atoms with Crippen molar-refractivity contribution in [1.29, 1.82) is 0 Å². The van der Waals surface area contributed by atoms with Crippen LogP contribution in [0.25, 0.3) is 0 Å². The number of amidine groups is 1. The molecule has 1 atom stereocenters. The molecule has 0 spiro atoms. The summed E-state index contributed by atoms with van der Waals surface area (Å²) in [6, 6.07) is 0. The molecular weight excluding hydrogens is 188 g/mol. The summed E-state index contributed by atoms with van der Waals surface area (Å²) < 4.78 is 0. The molecular formula is C8H16N2S2. The van der Waals surface area contributed by atoms with E-state index in [9.17, 15) is 0 Å². The van der Waals surface area contributed by atoms with Crippen LogP contribution in [0.3, 0.4) is 0 Å². The van der Waals surface area contributed by atoms with Gasteiger partial charge in [-0.3, -0.25) is 4.99 Å². The summed E-state index contributed by atoms with van der Waals surface area (Å²) in [4.78, 5) is 4.33. The van der Waals surface area contributed by atoms with Gasteiger partial charge in [0.2, 0.25) is 0 Å². The maximum Gasteiger partial charge on any atom is 0.156 e. The predicted molar refractivity (Wildman–Crippen MR) is 60.3 cm³/mol. The van der Waals surface area contributed by atoms with Crippen molar-refractivity contribution in [1.82, 2.24) is 5.32 Å². The van der Waals surface area contributed by atoms with E-state index in [4.69, 9.17) is 0 Å². The molecule has 0 amide bonds. The molecule has 1 aliphatic heterocycles. The third kappa shape index (κ3) is 3.72. The van der Waals surface area contributed by atoms with Crippen molar-refractivity contribution < 1.29 is 0 Å². The van der Waals surface area contributed by atoms with E-state index in [2.05, 4.69) is 23.5 Å². The van der Waals surface area contributed by atoms with E-state index < -0.39 is 0 Å². The van der Waals surface area contributed by atoms with Crippen molar-refractivity contribution in [2.45, 2.75) is 6.92 Å². The number of hydrogen-bond acceptors (Lipinski definition) is 4.